The molecule has 2 aromatic carbocycles. The van der Waals surface area contributed by atoms with Crippen LogP contribution in [0.3, 0.4) is 0 Å². The lowest BCUT2D eigenvalue weighted by atomic mass is 9.48. The first-order valence-electron chi connectivity index (χ1n) is 12.4. The predicted octanol–water partition coefficient (Wildman–Crippen LogP) is 2.80. The molecule has 3 heterocycles. The number of rotatable bonds is 2. The van der Waals surface area contributed by atoms with Crippen LogP contribution in [-0.4, -0.2) is 74.6 Å². The second-order valence-electron chi connectivity index (χ2n) is 10.7. The molecule has 5 aliphatic rings. The van der Waals surface area contributed by atoms with Crippen molar-refractivity contribution in [3.05, 3.63) is 47.5 Å². The van der Waals surface area contributed by atoms with Crippen LogP contribution >= 0.6 is 0 Å². The van der Waals surface area contributed by atoms with Gasteiger partial charge in [-0.15, -0.1) is 0 Å². The number of piperidine rings is 1. The molecule has 1 saturated carbocycles. The van der Waals surface area contributed by atoms with Gasteiger partial charge in [-0.3, -0.25) is 0 Å². The van der Waals surface area contributed by atoms with E-state index < -0.39 is 5.60 Å². The molecule has 6 nitrogen and oxygen atoms in total. The molecule has 1 saturated heterocycles. The zero-order valence-corrected chi connectivity index (χ0v) is 19.8. The van der Waals surface area contributed by atoms with Crippen molar-refractivity contribution in [2.45, 2.75) is 54.9 Å². The van der Waals surface area contributed by atoms with Gasteiger partial charge in [0.15, 0.2) is 11.5 Å². The third-order valence-corrected chi connectivity index (χ3v) is 9.58. The third-order valence-electron chi connectivity index (χ3n) is 9.58. The molecule has 33 heavy (non-hydrogen) atoms. The third kappa shape index (κ3) is 2.27. The summed E-state index contributed by atoms with van der Waals surface area (Å²) in [4.78, 5) is 7.31. The minimum absolute atomic E-state index is 0.0886. The van der Waals surface area contributed by atoms with Gasteiger partial charge in [-0.1, -0.05) is 18.2 Å². The van der Waals surface area contributed by atoms with Crippen LogP contribution in [0.4, 0.5) is 11.4 Å². The van der Waals surface area contributed by atoms with Crippen LogP contribution in [0.25, 0.3) is 0 Å². The lowest BCUT2D eigenvalue weighted by molar-refractivity contribution is -0.184. The Hall–Kier alpha value is -2.44. The number of benzene rings is 2. The Balaban J connectivity index is 1.42. The molecule has 174 valence electrons. The van der Waals surface area contributed by atoms with Crippen LogP contribution in [0.5, 0.6) is 11.5 Å². The molecular weight excluding hydrogens is 414 g/mol. The van der Waals surface area contributed by atoms with Gasteiger partial charge in [0, 0.05) is 31.7 Å². The highest BCUT2D eigenvalue weighted by atomic mass is 16.5. The Kier molecular flexibility index (Phi) is 3.98. The first kappa shape index (κ1) is 20.0. The molecule has 2 fully saturated rings. The number of aliphatic hydroxyl groups is 1. The maximum absolute atomic E-state index is 12.5. The summed E-state index contributed by atoms with van der Waals surface area (Å²) in [5, 5.41) is 12.5. The molecule has 7 rings (SSSR count). The summed E-state index contributed by atoms with van der Waals surface area (Å²) in [5.74, 6) is 1.69. The second-order valence-corrected chi connectivity index (χ2v) is 10.7. The minimum Gasteiger partial charge on any atom is -0.493 e. The van der Waals surface area contributed by atoms with Gasteiger partial charge in [0.25, 0.3) is 0 Å². The van der Waals surface area contributed by atoms with E-state index in [-0.39, 0.29) is 23.6 Å². The van der Waals surface area contributed by atoms with Crippen LogP contribution in [-0.2, 0) is 11.8 Å². The Bertz CT molecular complexity index is 1140. The molecular formula is C27H33N3O3. The molecule has 5 atom stereocenters. The Morgan fingerprint density at radius 3 is 2.67 bits per heavy atom. The largest absolute Gasteiger partial charge is 0.493 e. The number of methoxy groups -OCH3 is 1. The van der Waals surface area contributed by atoms with Crippen LogP contribution in [0, 0.1) is 0 Å². The monoisotopic (exact) mass is 447 g/mol. The number of nitrogens with zero attached hydrogens (tertiary/aromatic N) is 3. The van der Waals surface area contributed by atoms with E-state index in [9.17, 15) is 5.11 Å². The van der Waals surface area contributed by atoms with Gasteiger partial charge < -0.3 is 29.3 Å². The van der Waals surface area contributed by atoms with Gasteiger partial charge in [-0.05, 0) is 63.0 Å². The smallest absolute Gasteiger partial charge is 0.166 e. The molecule has 0 amide bonds. The first-order chi connectivity index (χ1) is 16.0. The van der Waals surface area contributed by atoms with Gasteiger partial charge in [-0.2, -0.15) is 0 Å². The highest BCUT2D eigenvalue weighted by Crippen LogP contribution is 2.66. The summed E-state index contributed by atoms with van der Waals surface area (Å²) in [6, 6.07) is 13.3. The molecule has 0 radical (unpaired) electrons. The van der Waals surface area contributed by atoms with Crippen molar-refractivity contribution < 1.29 is 14.6 Å². The number of ether oxygens (including phenoxy) is 2. The van der Waals surface area contributed by atoms with Crippen molar-refractivity contribution in [3.8, 4) is 11.5 Å². The first-order valence-corrected chi connectivity index (χ1v) is 12.4. The van der Waals surface area contributed by atoms with E-state index in [1.165, 1.54) is 22.5 Å². The average Bonchev–Trinajstić information content (AvgIpc) is 3.18. The van der Waals surface area contributed by atoms with Gasteiger partial charge in [0.05, 0.1) is 35.5 Å². The summed E-state index contributed by atoms with van der Waals surface area (Å²) in [6.45, 7) is 2.94. The van der Waals surface area contributed by atoms with Crippen molar-refractivity contribution in [2.24, 2.45) is 0 Å². The normalized spacial score (nSPS) is 36.2. The van der Waals surface area contributed by atoms with Crippen molar-refractivity contribution in [2.75, 3.05) is 50.6 Å². The number of anilines is 2. The van der Waals surface area contributed by atoms with Crippen LogP contribution in [0.15, 0.2) is 36.4 Å². The fourth-order valence-corrected chi connectivity index (χ4v) is 8.07. The standard InChI is InChI=1S/C27H33N3O3/c1-28-14-15-30(19-7-5-4-6-18(19)28)20-10-11-27(31)22-16-17-8-9-21(32-3)24-23(17)26(27,25(20)33-24)12-13-29(22)2/h4-9,20,22,25,31H,10-16H2,1-3H3/t20-,22-,25+,26+,27-/m1/s1. The van der Waals surface area contributed by atoms with Crippen molar-refractivity contribution >= 4 is 11.4 Å². The minimum atomic E-state index is -0.780. The Morgan fingerprint density at radius 2 is 1.85 bits per heavy atom. The SMILES string of the molecule is COc1ccc2c3c1O[C@H]1[C@H](N4CCN(C)c5ccccc54)CC[C@@]4(O)[C@@H](C2)N(C)CC[C@]314. The van der Waals surface area contributed by atoms with Gasteiger partial charge in [0.2, 0.25) is 0 Å². The lowest BCUT2D eigenvalue weighted by Gasteiger charge is -2.64. The highest BCUT2D eigenvalue weighted by molar-refractivity contribution is 5.74. The molecule has 2 aliphatic carbocycles. The molecule has 0 unspecified atom stereocenters. The maximum Gasteiger partial charge on any atom is 0.166 e. The molecule has 3 aliphatic heterocycles. The van der Waals surface area contributed by atoms with Crippen LogP contribution < -0.4 is 19.3 Å². The van der Waals surface area contributed by atoms with E-state index >= 15 is 0 Å². The average molecular weight is 448 g/mol. The van der Waals surface area contributed by atoms with E-state index in [0.29, 0.717) is 0 Å². The highest BCUT2D eigenvalue weighted by Gasteiger charge is 2.73. The quantitative estimate of drug-likeness (QED) is 0.764. The lowest BCUT2D eigenvalue weighted by Crippen LogP contribution is -2.78. The summed E-state index contributed by atoms with van der Waals surface area (Å²) in [7, 11) is 6.08. The number of likely N-dealkylation sites (N-methyl/N-ethyl adjacent to an activating group) is 2. The topological polar surface area (TPSA) is 48.4 Å². The fourth-order valence-electron chi connectivity index (χ4n) is 8.07. The zero-order valence-electron chi connectivity index (χ0n) is 19.8. The van der Waals surface area contributed by atoms with Crippen LogP contribution in [0.1, 0.15) is 30.4 Å². The summed E-state index contributed by atoms with van der Waals surface area (Å²) in [6.07, 6.45) is 3.43. The van der Waals surface area contributed by atoms with Crippen LogP contribution in [0.2, 0.25) is 0 Å². The number of hydrogen-bond acceptors (Lipinski definition) is 6. The van der Waals surface area contributed by atoms with E-state index in [2.05, 4.69) is 65.2 Å². The summed E-state index contributed by atoms with van der Waals surface area (Å²) in [5.41, 5.74) is 3.96. The molecule has 2 aromatic rings. The van der Waals surface area contributed by atoms with E-state index in [4.69, 9.17) is 9.47 Å². The van der Waals surface area contributed by atoms with E-state index in [1.54, 1.807) is 7.11 Å². The molecule has 6 heteroatoms. The fraction of sp³-hybridized carbons (Fsp3) is 0.556. The Morgan fingerprint density at radius 1 is 1.03 bits per heavy atom. The van der Waals surface area contributed by atoms with Crippen molar-refractivity contribution in [1.82, 2.24) is 4.90 Å². The van der Waals surface area contributed by atoms with E-state index in [0.717, 1.165) is 56.8 Å². The van der Waals surface area contributed by atoms with Crippen molar-refractivity contribution in [3.63, 3.8) is 0 Å². The molecule has 2 bridgehead atoms. The predicted molar refractivity (Wildman–Crippen MR) is 129 cm³/mol. The number of likely N-dealkylation sites (tertiary alicyclic amines) is 1. The van der Waals surface area contributed by atoms with Gasteiger partial charge in [0.1, 0.15) is 6.10 Å². The zero-order chi connectivity index (χ0) is 22.5. The molecule has 0 aromatic heterocycles. The van der Waals surface area contributed by atoms with Crippen molar-refractivity contribution in [1.29, 1.82) is 0 Å². The molecule has 1 N–H and O–H groups in total. The Labute approximate surface area is 195 Å². The maximum atomic E-state index is 12.5. The number of fused-ring (bicyclic) bond motifs is 1. The number of para-hydroxylation sites is 2. The second kappa shape index (κ2) is 6.57. The van der Waals surface area contributed by atoms with E-state index in [1.807, 2.05) is 0 Å². The molecule has 1 spiro atoms. The summed E-state index contributed by atoms with van der Waals surface area (Å²) < 4.78 is 12.7. The number of hydrogen-bond donors (Lipinski definition) is 1. The van der Waals surface area contributed by atoms with Gasteiger partial charge >= 0.3 is 0 Å². The van der Waals surface area contributed by atoms with Gasteiger partial charge in [-0.25, -0.2) is 0 Å². The summed E-state index contributed by atoms with van der Waals surface area (Å²) >= 11 is 0.